The second-order valence-corrected chi connectivity index (χ2v) is 10.3. The van der Waals surface area contributed by atoms with Crippen molar-refractivity contribution in [2.24, 2.45) is 11.8 Å². The van der Waals surface area contributed by atoms with E-state index in [0.717, 1.165) is 70.5 Å². The highest BCUT2D eigenvalue weighted by atomic mass is 16.6. The molecule has 1 heterocycles. The highest BCUT2D eigenvalue weighted by Crippen LogP contribution is 2.45. The van der Waals surface area contributed by atoms with Crippen LogP contribution < -0.4 is 0 Å². The molecule has 0 spiro atoms. The number of benzene rings is 1. The molecule has 198 valence electrons. The van der Waals surface area contributed by atoms with Crippen molar-refractivity contribution in [1.82, 2.24) is 0 Å². The number of aryl methyl sites for hydroxylation is 1. The topological polar surface area (TPSA) is 65.0 Å². The monoisotopic (exact) mass is 496 g/mol. The molecule has 1 aliphatic carbocycles. The summed E-state index contributed by atoms with van der Waals surface area (Å²) in [4.78, 5) is 11.6. The zero-order valence-electron chi connectivity index (χ0n) is 22.1. The van der Waals surface area contributed by atoms with Gasteiger partial charge in [0, 0.05) is 18.6 Å². The SMILES string of the molecule is C=CCOC(=O)CCC/C=C\C[C@@H]1[C@@H](CC[C@@H](O)CCc2ccccc2)[C@H]2C[C@@H]1OB(CCCC)O2. The van der Waals surface area contributed by atoms with E-state index in [9.17, 15) is 9.90 Å². The van der Waals surface area contributed by atoms with E-state index in [0.29, 0.717) is 18.3 Å². The van der Waals surface area contributed by atoms with Crippen LogP contribution in [0.3, 0.4) is 0 Å². The van der Waals surface area contributed by atoms with Gasteiger partial charge in [0.1, 0.15) is 6.61 Å². The third-order valence-electron chi connectivity index (χ3n) is 7.55. The molecule has 1 aromatic carbocycles. The van der Waals surface area contributed by atoms with E-state index in [2.05, 4.69) is 49.9 Å². The summed E-state index contributed by atoms with van der Waals surface area (Å²) in [5.74, 6) is 0.658. The Morgan fingerprint density at radius 3 is 2.69 bits per heavy atom. The summed E-state index contributed by atoms with van der Waals surface area (Å²) in [5, 5.41) is 10.7. The van der Waals surface area contributed by atoms with Crippen molar-refractivity contribution in [3.63, 3.8) is 0 Å². The van der Waals surface area contributed by atoms with Gasteiger partial charge in [-0.2, -0.15) is 0 Å². The molecule has 0 amide bonds. The molecule has 5 atom stereocenters. The Bertz CT molecular complexity index is 798. The Labute approximate surface area is 218 Å². The van der Waals surface area contributed by atoms with Gasteiger partial charge in [-0.25, -0.2) is 0 Å². The lowest BCUT2D eigenvalue weighted by atomic mass is 9.80. The molecule has 1 saturated heterocycles. The summed E-state index contributed by atoms with van der Waals surface area (Å²) >= 11 is 0. The maximum absolute atomic E-state index is 11.6. The second-order valence-electron chi connectivity index (χ2n) is 10.3. The molecule has 1 aromatic rings. The Hall–Kier alpha value is -1.89. The normalized spacial score (nSPS) is 24.2. The van der Waals surface area contributed by atoms with Gasteiger partial charge in [0.25, 0.3) is 0 Å². The standard InChI is InChI=1S/C30H45BO5/c1-3-5-21-31-35-28-23-29(36-31)27(20-19-25(32)18-17-24-13-9-8-10-14-24)26(28)15-11-6-7-12-16-30(33)34-22-4-2/h4,6,8-11,13-14,25-29,32H,2-3,5,7,12,15-23H2,1H3/b11-6-/t25-,26+,27+,28-,29+/m0/s1. The minimum absolute atomic E-state index is 0.0882. The van der Waals surface area contributed by atoms with Crippen LogP contribution in [0.4, 0.5) is 0 Å². The van der Waals surface area contributed by atoms with Crippen molar-refractivity contribution in [3.05, 3.63) is 60.7 Å². The minimum atomic E-state index is -0.292. The first kappa shape index (κ1) is 28.7. The lowest BCUT2D eigenvalue weighted by Crippen LogP contribution is -2.37. The van der Waals surface area contributed by atoms with E-state index in [1.165, 1.54) is 5.56 Å². The average Bonchev–Trinajstić information content (AvgIpc) is 3.14. The zero-order valence-corrected chi connectivity index (χ0v) is 22.1. The molecular weight excluding hydrogens is 451 g/mol. The van der Waals surface area contributed by atoms with Gasteiger partial charge in [-0.05, 0) is 75.1 Å². The van der Waals surface area contributed by atoms with Crippen molar-refractivity contribution in [3.8, 4) is 0 Å². The van der Waals surface area contributed by atoms with Crippen molar-refractivity contribution < 1.29 is 23.9 Å². The fraction of sp³-hybridized carbons (Fsp3) is 0.633. The summed E-state index contributed by atoms with van der Waals surface area (Å²) in [6, 6.07) is 10.4. The summed E-state index contributed by atoms with van der Waals surface area (Å²) in [6.07, 6.45) is 16.9. The molecule has 3 rings (SSSR count). The summed E-state index contributed by atoms with van der Waals surface area (Å²) in [5.41, 5.74) is 1.28. The van der Waals surface area contributed by atoms with Gasteiger partial charge in [-0.1, -0.05) is 74.9 Å². The lowest BCUT2D eigenvalue weighted by Gasteiger charge is -2.28. The molecule has 1 aliphatic heterocycles. The number of hydrogen-bond donors (Lipinski definition) is 1. The molecule has 5 nitrogen and oxygen atoms in total. The van der Waals surface area contributed by atoms with E-state index in [-0.39, 0.29) is 38.0 Å². The van der Waals surface area contributed by atoms with Crippen LogP contribution in [0.25, 0.3) is 0 Å². The third-order valence-corrected chi connectivity index (χ3v) is 7.55. The van der Waals surface area contributed by atoms with Gasteiger partial charge in [0.05, 0.1) is 6.10 Å². The quantitative estimate of drug-likeness (QED) is 0.118. The highest BCUT2D eigenvalue weighted by molar-refractivity contribution is 6.44. The molecule has 2 bridgehead atoms. The van der Waals surface area contributed by atoms with Crippen LogP contribution >= 0.6 is 0 Å². The number of ether oxygens (including phenoxy) is 1. The van der Waals surface area contributed by atoms with Crippen molar-refractivity contribution in [1.29, 1.82) is 0 Å². The molecule has 6 heteroatoms. The van der Waals surface area contributed by atoms with E-state index >= 15 is 0 Å². The molecular formula is C30H45BO5. The molecule has 0 unspecified atom stereocenters. The molecule has 0 radical (unpaired) electrons. The Morgan fingerprint density at radius 2 is 1.94 bits per heavy atom. The third kappa shape index (κ3) is 9.53. The Kier molecular flexibility index (Phi) is 12.8. The fourth-order valence-corrected chi connectivity index (χ4v) is 5.56. The summed E-state index contributed by atoms with van der Waals surface area (Å²) < 4.78 is 17.8. The smallest absolute Gasteiger partial charge is 0.457 e. The number of aliphatic hydroxyl groups excluding tert-OH is 1. The van der Waals surface area contributed by atoms with Crippen LogP contribution in [-0.4, -0.2) is 43.1 Å². The lowest BCUT2D eigenvalue weighted by molar-refractivity contribution is -0.142. The van der Waals surface area contributed by atoms with Crippen molar-refractivity contribution in [2.75, 3.05) is 6.61 Å². The summed E-state index contributed by atoms with van der Waals surface area (Å²) in [7, 11) is -0.0882. The van der Waals surface area contributed by atoms with Crippen molar-refractivity contribution >= 4 is 13.1 Å². The second kappa shape index (κ2) is 16.1. The molecule has 1 N–H and O–H groups in total. The fourth-order valence-electron chi connectivity index (χ4n) is 5.56. The number of aliphatic hydroxyl groups is 1. The highest BCUT2D eigenvalue weighted by Gasteiger charge is 2.49. The molecule has 1 saturated carbocycles. The maximum atomic E-state index is 11.6. The van der Waals surface area contributed by atoms with Gasteiger partial charge in [-0.3, -0.25) is 4.79 Å². The molecule has 2 fully saturated rings. The summed E-state index contributed by atoms with van der Waals surface area (Å²) in [6.45, 7) is 6.04. The number of hydrogen-bond acceptors (Lipinski definition) is 5. The predicted molar refractivity (Wildman–Crippen MR) is 146 cm³/mol. The number of allylic oxidation sites excluding steroid dienone is 2. The van der Waals surface area contributed by atoms with Crippen molar-refractivity contribution in [2.45, 2.75) is 102 Å². The van der Waals surface area contributed by atoms with Crippen LogP contribution in [0.15, 0.2) is 55.1 Å². The first-order chi connectivity index (χ1) is 17.6. The number of fused-ring (bicyclic) bond motifs is 2. The van der Waals surface area contributed by atoms with Crippen LogP contribution in [0, 0.1) is 11.8 Å². The zero-order chi connectivity index (χ0) is 25.6. The predicted octanol–water partition coefficient (Wildman–Crippen LogP) is 6.31. The van der Waals surface area contributed by atoms with Crippen LogP contribution in [0.1, 0.15) is 76.7 Å². The van der Waals surface area contributed by atoms with Gasteiger partial charge < -0.3 is 19.2 Å². The van der Waals surface area contributed by atoms with Crippen LogP contribution in [0.5, 0.6) is 0 Å². The molecule has 2 aliphatic rings. The average molecular weight is 496 g/mol. The number of esters is 1. The van der Waals surface area contributed by atoms with E-state index in [1.807, 2.05) is 6.07 Å². The number of rotatable bonds is 17. The van der Waals surface area contributed by atoms with Gasteiger partial charge in [0.15, 0.2) is 0 Å². The van der Waals surface area contributed by atoms with E-state index < -0.39 is 0 Å². The van der Waals surface area contributed by atoms with Crippen LogP contribution in [-0.2, 0) is 25.3 Å². The maximum Gasteiger partial charge on any atom is 0.457 e. The molecule has 0 aromatic heterocycles. The largest absolute Gasteiger partial charge is 0.461 e. The first-order valence-electron chi connectivity index (χ1n) is 14.0. The molecule has 36 heavy (non-hydrogen) atoms. The van der Waals surface area contributed by atoms with Gasteiger partial charge in [0.2, 0.25) is 0 Å². The first-order valence-corrected chi connectivity index (χ1v) is 14.0. The van der Waals surface area contributed by atoms with E-state index in [4.69, 9.17) is 14.0 Å². The Morgan fingerprint density at radius 1 is 1.17 bits per heavy atom. The van der Waals surface area contributed by atoms with E-state index in [1.54, 1.807) is 6.08 Å². The number of carbonyl (C=O) groups is 1. The number of unbranched alkanes of at least 4 members (excludes halogenated alkanes) is 2. The number of carbonyl (C=O) groups excluding carboxylic acids is 1. The van der Waals surface area contributed by atoms with Crippen LogP contribution in [0.2, 0.25) is 6.32 Å². The minimum Gasteiger partial charge on any atom is -0.461 e. The Balaban J connectivity index is 1.48. The van der Waals surface area contributed by atoms with Gasteiger partial charge in [-0.15, -0.1) is 0 Å². The van der Waals surface area contributed by atoms with Gasteiger partial charge >= 0.3 is 13.1 Å².